The van der Waals surface area contributed by atoms with Crippen molar-refractivity contribution in [3.63, 3.8) is 0 Å². The monoisotopic (exact) mass is 733 g/mol. The van der Waals surface area contributed by atoms with Gasteiger partial charge in [-0.15, -0.1) is 0 Å². The lowest BCUT2D eigenvalue weighted by atomic mass is 9.83. The molecule has 0 aromatic heterocycles. The number of fused-ring (bicyclic) bond motifs is 1. The third-order valence-corrected chi connectivity index (χ3v) is 10.3. The Hall–Kier alpha value is -3.49. The standard InChI is InChI=1S/C44H63NO8/c1-4-6-17-40(49)41(50)27-24-34-23-22-33-14-11-13-32(5-2)37(33)15-12-18-42(44(3,53)29-31-20-25-35(47)26-21-31)45-39(38(34)28-36(48)30-46)16-9-7-8-10-19-43(51)52/h11,13-14,20-21,24-27,36,39-42,45-50,53H,4-10,16-19,22-23,28-30H2,1-3H3,(H,51,52)/b27-24+,38-34+/t36-,39-,40-,41+,42+,44-/m0/s1. The zero-order valence-corrected chi connectivity index (χ0v) is 31.9. The van der Waals surface area contributed by atoms with Crippen LogP contribution >= 0.6 is 0 Å². The topological polar surface area (TPSA) is 171 Å². The van der Waals surface area contributed by atoms with Gasteiger partial charge in [-0.25, -0.2) is 0 Å². The highest BCUT2D eigenvalue weighted by Crippen LogP contribution is 2.30. The number of hydrogen-bond acceptors (Lipinski definition) is 8. The largest absolute Gasteiger partial charge is 0.508 e. The second kappa shape index (κ2) is 22.7. The quantitative estimate of drug-likeness (QED) is 0.0610. The van der Waals surface area contributed by atoms with E-state index in [0.29, 0.717) is 38.5 Å². The SMILES string of the molecule is CCCC[C@H](O)[C@H](O)/C=C/C1=C(\C[C@H](O)CO)[C@H](CCCCCCC(=O)O)N[C@@H]([C@@](C)(O)Cc2ccc(O)cc2)CC#Cc2c(CC)cccc2CC1. The first kappa shape index (κ1) is 43.9. The van der Waals surface area contributed by atoms with Crippen molar-refractivity contribution < 1.29 is 40.5 Å². The predicted octanol–water partition coefficient (Wildman–Crippen LogP) is 5.90. The molecule has 0 saturated carbocycles. The van der Waals surface area contributed by atoms with Crippen molar-refractivity contribution in [2.45, 2.75) is 153 Å². The first-order valence-electron chi connectivity index (χ1n) is 19.5. The molecule has 0 bridgehead atoms. The van der Waals surface area contributed by atoms with E-state index in [1.807, 2.05) is 19.1 Å². The summed E-state index contributed by atoms with van der Waals surface area (Å²) in [5.74, 6) is 6.17. The van der Waals surface area contributed by atoms with E-state index in [9.17, 15) is 35.4 Å². The van der Waals surface area contributed by atoms with Crippen LogP contribution in [0.4, 0.5) is 0 Å². The van der Waals surface area contributed by atoms with E-state index >= 15 is 0 Å². The third kappa shape index (κ3) is 14.7. The summed E-state index contributed by atoms with van der Waals surface area (Å²) >= 11 is 0. The Bertz CT molecular complexity index is 1540. The number of aryl methyl sites for hydroxylation is 2. The van der Waals surface area contributed by atoms with Crippen molar-refractivity contribution in [1.82, 2.24) is 5.32 Å². The Morgan fingerprint density at radius 2 is 1.75 bits per heavy atom. The molecule has 0 amide bonds. The molecular weight excluding hydrogens is 670 g/mol. The second-order valence-electron chi connectivity index (χ2n) is 14.8. The van der Waals surface area contributed by atoms with E-state index in [2.05, 4.69) is 36.2 Å². The molecule has 0 unspecified atom stereocenters. The van der Waals surface area contributed by atoms with Crippen molar-refractivity contribution >= 4 is 5.97 Å². The molecule has 8 N–H and O–H groups in total. The van der Waals surface area contributed by atoms with E-state index in [4.69, 9.17) is 5.11 Å². The molecule has 1 aliphatic rings. The van der Waals surface area contributed by atoms with E-state index in [1.165, 1.54) is 0 Å². The average Bonchev–Trinajstić information content (AvgIpc) is 3.13. The van der Waals surface area contributed by atoms with Crippen LogP contribution in [0.2, 0.25) is 0 Å². The number of allylic oxidation sites excluding steroid dienone is 2. The van der Waals surface area contributed by atoms with Crippen molar-refractivity contribution in [3.8, 4) is 17.6 Å². The number of aliphatic carboxylic acids is 1. The molecule has 0 fully saturated rings. The molecule has 0 aliphatic carbocycles. The maximum Gasteiger partial charge on any atom is 0.303 e. The highest BCUT2D eigenvalue weighted by molar-refractivity contribution is 5.66. The average molecular weight is 734 g/mol. The third-order valence-electron chi connectivity index (χ3n) is 10.3. The maximum absolute atomic E-state index is 12.2. The summed E-state index contributed by atoms with van der Waals surface area (Å²) < 4.78 is 0. The summed E-state index contributed by atoms with van der Waals surface area (Å²) in [6, 6.07) is 12.0. The normalized spacial score (nSPS) is 21.0. The van der Waals surface area contributed by atoms with E-state index in [0.717, 1.165) is 71.9 Å². The van der Waals surface area contributed by atoms with Gasteiger partial charge in [-0.05, 0) is 91.8 Å². The van der Waals surface area contributed by atoms with Crippen LogP contribution in [0.3, 0.4) is 0 Å². The zero-order chi connectivity index (χ0) is 38.8. The van der Waals surface area contributed by atoms with Gasteiger partial charge in [0.05, 0.1) is 30.5 Å². The van der Waals surface area contributed by atoms with Gasteiger partial charge in [-0.1, -0.05) is 100 Å². The van der Waals surface area contributed by atoms with Gasteiger partial charge in [-0.2, -0.15) is 0 Å². The maximum atomic E-state index is 12.2. The van der Waals surface area contributed by atoms with Gasteiger partial charge in [-0.3, -0.25) is 4.79 Å². The number of unbranched alkanes of at least 4 members (excludes halogenated alkanes) is 4. The Morgan fingerprint density at radius 1 is 1.02 bits per heavy atom. The molecule has 2 aromatic carbocycles. The molecule has 53 heavy (non-hydrogen) atoms. The van der Waals surface area contributed by atoms with Crippen LogP contribution in [0.15, 0.2) is 65.8 Å². The number of rotatable bonds is 20. The summed E-state index contributed by atoms with van der Waals surface area (Å²) in [6.45, 7) is 5.46. The Labute approximate surface area is 316 Å². The molecule has 2 aromatic rings. The van der Waals surface area contributed by atoms with Crippen LogP contribution < -0.4 is 5.32 Å². The molecule has 6 atom stereocenters. The molecule has 0 saturated heterocycles. The lowest BCUT2D eigenvalue weighted by Crippen LogP contribution is -2.54. The molecule has 1 heterocycles. The van der Waals surface area contributed by atoms with Crippen LogP contribution in [-0.4, -0.2) is 84.3 Å². The minimum Gasteiger partial charge on any atom is -0.508 e. The van der Waals surface area contributed by atoms with E-state index in [-0.39, 0.29) is 31.1 Å². The molecule has 9 heteroatoms. The fourth-order valence-corrected chi connectivity index (χ4v) is 7.11. The van der Waals surface area contributed by atoms with Gasteiger partial charge in [0, 0.05) is 36.9 Å². The minimum atomic E-state index is -1.31. The van der Waals surface area contributed by atoms with Crippen LogP contribution in [0.5, 0.6) is 5.75 Å². The number of carboxylic acid groups (broad SMARTS) is 1. The number of nitrogens with one attached hydrogen (secondary N) is 1. The van der Waals surface area contributed by atoms with Gasteiger partial charge in [0.1, 0.15) is 5.75 Å². The van der Waals surface area contributed by atoms with Crippen LogP contribution in [0.1, 0.15) is 120 Å². The van der Waals surface area contributed by atoms with Gasteiger partial charge in [0.15, 0.2) is 0 Å². The highest BCUT2D eigenvalue weighted by Gasteiger charge is 2.35. The van der Waals surface area contributed by atoms with Crippen LogP contribution in [0.25, 0.3) is 0 Å². The lowest BCUT2D eigenvalue weighted by Gasteiger charge is -2.38. The molecule has 3 rings (SSSR count). The summed E-state index contributed by atoms with van der Waals surface area (Å²) in [5.41, 5.74) is 4.40. The lowest BCUT2D eigenvalue weighted by molar-refractivity contribution is -0.137. The number of carboxylic acids is 1. The van der Waals surface area contributed by atoms with Crippen molar-refractivity contribution in [3.05, 3.63) is 88.0 Å². The van der Waals surface area contributed by atoms with Crippen molar-refractivity contribution in [1.29, 1.82) is 0 Å². The molecule has 0 spiro atoms. The van der Waals surface area contributed by atoms with E-state index < -0.39 is 42.5 Å². The summed E-state index contributed by atoms with van der Waals surface area (Å²) in [5, 5.41) is 77.8. The number of aliphatic hydroxyl groups excluding tert-OH is 4. The highest BCUT2D eigenvalue weighted by atomic mass is 16.4. The summed E-state index contributed by atoms with van der Waals surface area (Å²) in [6.07, 6.45) is 8.80. The fraction of sp³-hybridized carbons (Fsp3) is 0.568. The molecule has 1 aliphatic heterocycles. The van der Waals surface area contributed by atoms with Gasteiger partial charge < -0.3 is 41.1 Å². The second-order valence-corrected chi connectivity index (χ2v) is 14.8. The number of carbonyl (C=O) groups is 1. The Kier molecular flexibility index (Phi) is 18.8. The number of aromatic hydroxyl groups is 1. The fourth-order valence-electron chi connectivity index (χ4n) is 7.11. The van der Waals surface area contributed by atoms with Gasteiger partial charge in [0.2, 0.25) is 0 Å². The molecular formula is C44H63NO8. The number of hydrogen-bond donors (Lipinski definition) is 8. The number of aliphatic hydroxyl groups is 5. The van der Waals surface area contributed by atoms with Gasteiger partial charge in [0.25, 0.3) is 0 Å². The van der Waals surface area contributed by atoms with Crippen molar-refractivity contribution in [2.24, 2.45) is 0 Å². The Morgan fingerprint density at radius 3 is 2.43 bits per heavy atom. The number of benzene rings is 2. The van der Waals surface area contributed by atoms with Gasteiger partial charge >= 0.3 is 5.97 Å². The Balaban J connectivity index is 2.20. The first-order chi connectivity index (χ1) is 25.4. The van der Waals surface area contributed by atoms with E-state index in [1.54, 1.807) is 37.3 Å². The zero-order valence-electron chi connectivity index (χ0n) is 31.9. The first-order valence-corrected chi connectivity index (χ1v) is 19.5. The minimum absolute atomic E-state index is 0.110. The van der Waals surface area contributed by atoms with Crippen LogP contribution in [0, 0.1) is 11.8 Å². The smallest absolute Gasteiger partial charge is 0.303 e. The number of phenolic OH excluding ortho intramolecular Hbond substituents is 1. The van der Waals surface area contributed by atoms with Crippen LogP contribution in [-0.2, 0) is 24.1 Å². The number of phenols is 1. The summed E-state index contributed by atoms with van der Waals surface area (Å²) in [4.78, 5) is 11.1. The molecule has 0 radical (unpaired) electrons. The predicted molar refractivity (Wildman–Crippen MR) is 210 cm³/mol. The summed E-state index contributed by atoms with van der Waals surface area (Å²) in [7, 11) is 0. The molecule has 9 nitrogen and oxygen atoms in total. The molecule has 292 valence electrons. The van der Waals surface area contributed by atoms with Crippen molar-refractivity contribution in [2.75, 3.05) is 6.61 Å².